The van der Waals surface area contributed by atoms with Crippen molar-refractivity contribution in [2.45, 2.75) is 77.2 Å². The molecule has 0 aliphatic carbocycles. The predicted octanol–water partition coefficient (Wildman–Crippen LogP) is 4.23. The van der Waals surface area contributed by atoms with E-state index < -0.39 is 13.9 Å². The van der Waals surface area contributed by atoms with E-state index in [1.807, 2.05) is 0 Å². The number of hydrogen-bond acceptors (Lipinski definition) is 3. The van der Waals surface area contributed by atoms with E-state index in [1.54, 1.807) is 4.90 Å². The molecule has 1 aromatic carbocycles. The molecular weight excluding hydrogens is 377 g/mol. The van der Waals surface area contributed by atoms with Crippen LogP contribution in [0, 0.1) is 0 Å². The van der Waals surface area contributed by atoms with Crippen LogP contribution in [0.2, 0.25) is 0 Å². The van der Waals surface area contributed by atoms with Crippen molar-refractivity contribution in [3.63, 3.8) is 0 Å². The molecule has 1 unspecified atom stereocenters. The van der Waals surface area contributed by atoms with Gasteiger partial charge in [-0.15, -0.1) is 0 Å². The highest BCUT2D eigenvalue weighted by Crippen LogP contribution is 2.39. The summed E-state index contributed by atoms with van der Waals surface area (Å²) >= 11 is 0. The van der Waals surface area contributed by atoms with E-state index in [9.17, 15) is 9.36 Å². The molecule has 0 bridgehead atoms. The summed E-state index contributed by atoms with van der Waals surface area (Å²) in [6.45, 7) is 3.00. The first kappa shape index (κ1) is 23.1. The van der Waals surface area contributed by atoms with Gasteiger partial charge in [0.2, 0.25) is 5.91 Å². The van der Waals surface area contributed by atoms with Gasteiger partial charge in [-0.25, -0.2) is 4.57 Å². The van der Waals surface area contributed by atoms with Gasteiger partial charge >= 0.3 is 7.82 Å². The summed E-state index contributed by atoms with van der Waals surface area (Å²) in [5.41, 5.74) is 2.71. The highest BCUT2D eigenvalue weighted by Gasteiger charge is 2.31. The molecule has 0 saturated carbocycles. The summed E-state index contributed by atoms with van der Waals surface area (Å²) in [5, 5.41) is 0. The van der Waals surface area contributed by atoms with Gasteiger partial charge in [-0.05, 0) is 49.7 Å². The summed E-state index contributed by atoms with van der Waals surface area (Å²) < 4.78 is 15.6. The third kappa shape index (κ3) is 8.87. The zero-order chi connectivity index (χ0) is 20.4. The number of likely N-dealkylation sites (tertiary alicyclic amines) is 1. The number of amides is 1. The van der Waals surface area contributed by atoms with Crippen molar-refractivity contribution in [3.05, 3.63) is 35.4 Å². The summed E-state index contributed by atoms with van der Waals surface area (Å²) in [5.74, 6) is 0.0410. The summed E-state index contributed by atoms with van der Waals surface area (Å²) in [6, 6.07) is 8.83. The number of carbonyl (C=O) groups is 1. The highest BCUT2D eigenvalue weighted by atomic mass is 31.2. The van der Waals surface area contributed by atoms with Crippen molar-refractivity contribution in [3.8, 4) is 0 Å². The lowest BCUT2D eigenvalue weighted by molar-refractivity contribution is -0.130. The van der Waals surface area contributed by atoms with E-state index in [0.717, 1.165) is 25.7 Å². The van der Waals surface area contributed by atoms with Gasteiger partial charge in [0.15, 0.2) is 0 Å². The number of aryl methyl sites for hydroxylation is 2. The maximum atomic E-state index is 12.2. The number of hydrogen-bond donors (Lipinski definition) is 2. The lowest BCUT2D eigenvalue weighted by Crippen LogP contribution is -2.29. The van der Waals surface area contributed by atoms with E-state index in [1.165, 1.54) is 36.8 Å². The number of benzene rings is 1. The van der Waals surface area contributed by atoms with Crippen molar-refractivity contribution >= 4 is 13.7 Å². The number of phosphoric acid groups is 1. The van der Waals surface area contributed by atoms with Crippen LogP contribution in [-0.2, 0) is 26.7 Å². The smallest absolute Gasteiger partial charge is 0.340 e. The van der Waals surface area contributed by atoms with E-state index >= 15 is 0 Å². The summed E-state index contributed by atoms with van der Waals surface area (Å²) in [7, 11) is -4.48. The van der Waals surface area contributed by atoms with Crippen LogP contribution in [0.25, 0.3) is 0 Å². The summed E-state index contributed by atoms with van der Waals surface area (Å²) in [6.07, 6.45) is 9.40. The number of nitrogens with zero attached hydrogens (tertiary/aromatic N) is 1. The molecule has 1 atom stereocenters. The summed E-state index contributed by atoms with van der Waals surface area (Å²) in [4.78, 5) is 31.6. The van der Waals surface area contributed by atoms with Crippen LogP contribution in [0.5, 0.6) is 0 Å². The van der Waals surface area contributed by atoms with Crippen molar-refractivity contribution in [2.24, 2.45) is 0 Å². The Balaban J connectivity index is 1.61. The van der Waals surface area contributed by atoms with Crippen LogP contribution >= 0.6 is 7.82 Å². The minimum absolute atomic E-state index is 0.0410. The van der Waals surface area contributed by atoms with E-state index in [-0.39, 0.29) is 12.5 Å². The molecule has 1 amide bonds. The molecule has 6 nitrogen and oxygen atoms in total. The molecule has 2 N–H and O–H groups in total. The van der Waals surface area contributed by atoms with Gasteiger partial charge in [0.05, 0.1) is 6.10 Å². The number of phosphoric ester groups is 1. The monoisotopic (exact) mass is 411 g/mol. The van der Waals surface area contributed by atoms with Gasteiger partial charge in [-0.3, -0.25) is 9.32 Å². The molecule has 28 heavy (non-hydrogen) atoms. The van der Waals surface area contributed by atoms with Crippen LogP contribution < -0.4 is 0 Å². The second kappa shape index (κ2) is 11.7. The molecule has 7 heteroatoms. The Hall–Kier alpha value is -1.20. The third-order valence-corrected chi connectivity index (χ3v) is 5.80. The number of unbranched alkanes of at least 4 members (excludes halogenated alkanes) is 4. The molecule has 1 aliphatic rings. The topological polar surface area (TPSA) is 87.1 Å². The third-order valence-electron chi connectivity index (χ3n) is 5.23. The number of rotatable bonds is 12. The molecule has 0 aromatic heterocycles. The van der Waals surface area contributed by atoms with Gasteiger partial charge in [-0.1, -0.05) is 50.5 Å². The average molecular weight is 411 g/mol. The van der Waals surface area contributed by atoms with Crippen LogP contribution in [0.15, 0.2) is 24.3 Å². The van der Waals surface area contributed by atoms with Crippen LogP contribution in [-0.4, -0.2) is 39.8 Å². The second-order valence-electron chi connectivity index (χ2n) is 7.68. The van der Waals surface area contributed by atoms with Crippen molar-refractivity contribution in [2.75, 3.05) is 13.1 Å². The molecule has 0 radical (unpaired) electrons. The minimum Gasteiger partial charge on any atom is -0.340 e. The van der Waals surface area contributed by atoms with Gasteiger partial charge in [0, 0.05) is 19.5 Å². The lowest BCUT2D eigenvalue weighted by atomic mass is 10.0. The van der Waals surface area contributed by atoms with E-state index in [4.69, 9.17) is 9.79 Å². The fourth-order valence-corrected chi connectivity index (χ4v) is 4.19. The maximum Gasteiger partial charge on any atom is 0.469 e. The molecule has 0 spiro atoms. The SMILES string of the molecule is CCCCCCc1ccc(CCCCC(=O)N2CCC(OP(=O)(O)O)C2)cc1. The highest BCUT2D eigenvalue weighted by molar-refractivity contribution is 7.46. The molecule has 2 rings (SSSR count). The normalized spacial score (nSPS) is 17.2. The van der Waals surface area contributed by atoms with Crippen molar-refractivity contribution < 1.29 is 23.7 Å². The van der Waals surface area contributed by atoms with Crippen LogP contribution in [0.4, 0.5) is 0 Å². The Morgan fingerprint density at radius 2 is 1.68 bits per heavy atom. The zero-order valence-electron chi connectivity index (χ0n) is 16.9. The predicted molar refractivity (Wildman–Crippen MR) is 110 cm³/mol. The maximum absolute atomic E-state index is 12.2. The van der Waals surface area contributed by atoms with Gasteiger partial charge in [0.25, 0.3) is 0 Å². The van der Waals surface area contributed by atoms with Gasteiger partial charge in [0.1, 0.15) is 0 Å². The van der Waals surface area contributed by atoms with Crippen molar-refractivity contribution in [1.29, 1.82) is 0 Å². The van der Waals surface area contributed by atoms with Crippen LogP contribution in [0.1, 0.15) is 69.4 Å². The first-order chi connectivity index (χ1) is 13.4. The van der Waals surface area contributed by atoms with E-state index in [2.05, 4.69) is 35.7 Å². The Morgan fingerprint density at radius 3 is 2.25 bits per heavy atom. The zero-order valence-corrected chi connectivity index (χ0v) is 17.8. The molecule has 1 saturated heterocycles. The minimum atomic E-state index is -4.48. The molecular formula is C21H34NO5P. The fraction of sp³-hybridized carbons (Fsp3) is 0.667. The van der Waals surface area contributed by atoms with Gasteiger partial charge < -0.3 is 14.7 Å². The Bertz CT molecular complexity index is 643. The first-order valence-corrected chi connectivity index (χ1v) is 12.0. The molecule has 1 aliphatic heterocycles. The molecule has 1 aromatic rings. The van der Waals surface area contributed by atoms with Crippen LogP contribution in [0.3, 0.4) is 0 Å². The molecule has 1 fully saturated rings. The van der Waals surface area contributed by atoms with Gasteiger partial charge in [-0.2, -0.15) is 0 Å². The molecule has 1 heterocycles. The molecule has 158 valence electrons. The quantitative estimate of drug-likeness (QED) is 0.397. The standard InChI is InChI=1S/C21H34NO5P/c1-2-3-4-5-8-18-11-13-19(14-12-18)9-6-7-10-21(23)22-16-15-20(17-22)27-28(24,25)26/h11-14,20H,2-10,15-17H2,1H3,(H2,24,25,26). The Labute approximate surface area is 168 Å². The Kier molecular flexibility index (Phi) is 9.66. The first-order valence-electron chi connectivity index (χ1n) is 10.5. The lowest BCUT2D eigenvalue weighted by Gasteiger charge is -2.17. The second-order valence-corrected chi connectivity index (χ2v) is 8.87. The van der Waals surface area contributed by atoms with E-state index in [0.29, 0.717) is 19.4 Å². The largest absolute Gasteiger partial charge is 0.469 e. The average Bonchev–Trinajstić information content (AvgIpc) is 3.10. The number of carbonyl (C=O) groups excluding carboxylic acids is 1. The van der Waals surface area contributed by atoms with Crippen molar-refractivity contribution in [1.82, 2.24) is 4.90 Å². The Morgan fingerprint density at radius 1 is 1.07 bits per heavy atom. The fourth-order valence-electron chi connectivity index (χ4n) is 3.63.